The summed E-state index contributed by atoms with van der Waals surface area (Å²) in [5.41, 5.74) is 2.85. The maximum atomic E-state index is 10.1. The van der Waals surface area contributed by atoms with Crippen LogP contribution in [-0.2, 0) is 4.74 Å². The van der Waals surface area contributed by atoms with Gasteiger partial charge in [-0.05, 0) is 18.6 Å². The van der Waals surface area contributed by atoms with E-state index in [4.69, 9.17) is 9.47 Å². The molecular formula is C19H22O6. The average Bonchev–Trinajstić information content (AvgIpc) is 2.62. The summed E-state index contributed by atoms with van der Waals surface area (Å²) in [7, 11) is 0. The van der Waals surface area contributed by atoms with Crippen molar-refractivity contribution in [1.82, 2.24) is 0 Å². The molecule has 0 aliphatic carbocycles. The molecule has 2 aromatic rings. The first-order chi connectivity index (χ1) is 12.0. The van der Waals surface area contributed by atoms with Crippen molar-refractivity contribution in [2.45, 2.75) is 37.6 Å². The van der Waals surface area contributed by atoms with Crippen molar-refractivity contribution < 1.29 is 29.9 Å². The van der Waals surface area contributed by atoms with Crippen LogP contribution in [0.2, 0.25) is 0 Å². The van der Waals surface area contributed by atoms with E-state index < -0.39 is 37.3 Å². The molecule has 0 bridgehead atoms. The molecule has 4 N–H and O–H groups in total. The molecule has 1 saturated heterocycles. The Hall–Kier alpha value is -1.96. The number of aliphatic hydroxyl groups is 4. The topological polar surface area (TPSA) is 99.4 Å². The minimum Gasteiger partial charge on any atom is -0.461 e. The zero-order valence-corrected chi connectivity index (χ0v) is 13.8. The zero-order valence-electron chi connectivity index (χ0n) is 13.8. The summed E-state index contributed by atoms with van der Waals surface area (Å²) < 4.78 is 11.2. The fraction of sp³-hybridized carbons (Fsp3) is 0.368. The summed E-state index contributed by atoms with van der Waals surface area (Å²) in [5, 5.41) is 39.2. The van der Waals surface area contributed by atoms with Crippen LogP contribution in [0.25, 0.3) is 11.1 Å². The lowest BCUT2D eigenvalue weighted by Gasteiger charge is -2.39. The molecule has 0 spiro atoms. The SMILES string of the molecule is Cc1cccc(-c2ccccc2OC2OC(CO)C(O)C(O)C2O)c1. The van der Waals surface area contributed by atoms with Gasteiger partial charge in [0.1, 0.15) is 30.2 Å². The van der Waals surface area contributed by atoms with Gasteiger partial charge in [-0.25, -0.2) is 0 Å². The summed E-state index contributed by atoms with van der Waals surface area (Å²) >= 11 is 0. The van der Waals surface area contributed by atoms with Crippen LogP contribution in [0.5, 0.6) is 5.75 Å². The third kappa shape index (κ3) is 3.68. The van der Waals surface area contributed by atoms with Gasteiger partial charge in [0.15, 0.2) is 0 Å². The molecule has 1 fully saturated rings. The van der Waals surface area contributed by atoms with Gasteiger partial charge < -0.3 is 29.9 Å². The molecule has 5 atom stereocenters. The van der Waals surface area contributed by atoms with Crippen molar-refractivity contribution in [3.63, 3.8) is 0 Å². The highest BCUT2D eigenvalue weighted by Crippen LogP contribution is 2.33. The van der Waals surface area contributed by atoms with Crippen LogP contribution in [0.15, 0.2) is 48.5 Å². The van der Waals surface area contributed by atoms with Crippen molar-refractivity contribution >= 4 is 0 Å². The highest BCUT2D eigenvalue weighted by atomic mass is 16.7. The fourth-order valence-corrected chi connectivity index (χ4v) is 2.91. The molecule has 1 aliphatic heterocycles. The number of ether oxygens (including phenoxy) is 2. The number of benzene rings is 2. The molecule has 0 aromatic heterocycles. The Kier molecular flexibility index (Phi) is 5.36. The Balaban J connectivity index is 1.88. The van der Waals surface area contributed by atoms with E-state index in [2.05, 4.69) is 0 Å². The molecule has 25 heavy (non-hydrogen) atoms. The number of aryl methyl sites for hydroxylation is 1. The minimum atomic E-state index is -1.47. The number of hydrogen-bond acceptors (Lipinski definition) is 6. The van der Waals surface area contributed by atoms with Crippen LogP contribution in [0.4, 0.5) is 0 Å². The molecule has 6 nitrogen and oxygen atoms in total. The van der Waals surface area contributed by atoms with Crippen LogP contribution < -0.4 is 4.74 Å². The fourth-order valence-electron chi connectivity index (χ4n) is 2.91. The van der Waals surface area contributed by atoms with Crippen molar-refractivity contribution in [3.8, 4) is 16.9 Å². The summed E-state index contributed by atoms with van der Waals surface area (Å²) in [6, 6.07) is 15.2. The van der Waals surface area contributed by atoms with Gasteiger partial charge in [0.2, 0.25) is 6.29 Å². The molecule has 0 radical (unpaired) electrons. The number of rotatable bonds is 4. The average molecular weight is 346 g/mol. The highest BCUT2D eigenvalue weighted by Gasteiger charge is 2.44. The molecule has 3 rings (SSSR count). The molecule has 0 amide bonds. The number of para-hydroxylation sites is 1. The van der Waals surface area contributed by atoms with E-state index in [9.17, 15) is 20.4 Å². The van der Waals surface area contributed by atoms with Crippen LogP contribution in [-0.4, -0.2) is 57.7 Å². The Labute approximate surface area is 145 Å². The largest absolute Gasteiger partial charge is 0.461 e. The third-order valence-electron chi connectivity index (χ3n) is 4.31. The second-order valence-corrected chi connectivity index (χ2v) is 6.18. The van der Waals surface area contributed by atoms with Gasteiger partial charge in [-0.1, -0.05) is 48.0 Å². The first-order valence-electron chi connectivity index (χ1n) is 8.14. The molecular weight excluding hydrogens is 324 g/mol. The Morgan fingerprint density at radius 1 is 0.960 bits per heavy atom. The lowest BCUT2D eigenvalue weighted by molar-refractivity contribution is -0.277. The van der Waals surface area contributed by atoms with Crippen LogP contribution in [0, 0.1) is 6.92 Å². The summed E-state index contributed by atoms with van der Waals surface area (Å²) in [6.07, 6.45) is -6.53. The van der Waals surface area contributed by atoms with Crippen LogP contribution >= 0.6 is 0 Å². The van der Waals surface area contributed by atoms with Crippen molar-refractivity contribution in [1.29, 1.82) is 0 Å². The molecule has 1 aliphatic rings. The maximum Gasteiger partial charge on any atom is 0.229 e. The standard InChI is InChI=1S/C19H22O6/c1-11-5-4-6-12(9-11)13-7-2-3-8-14(13)24-19-18(23)17(22)16(21)15(10-20)25-19/h2-9,15-23H,10H2,1H3. The molecule has 1 heterocycles. The second-order valence-electron chi connectivity index (χ2n) is 6.18. The van der Waals surface area contributed by atoms with Gasteiger partial charge in [-0.3, -0.25) is 0 Å². The highest BCUT2D eigenvalue weighted by molar-refractivity contribution is 5.70. The predicted octanol–water partition coefficient (Wildman–Crippen LogP) is 0.841. The molecule has 6 heteroatoms. The first kappa shape index (κ1) is 17.8. The Morgan fingerprint density at radius 3 is 2.44 bits per heavy atom. The Bertz CT molecular complexity index is 717. The van der Waals surface area contributed by atoms with E-state index >= 15 is 0 Å². The summed E-state index contributed by atoms with van der Waals surface area (Å²) in [6.45, 7) is 1.49. The summed E-state index contributed by atoms with van der Waals surface area (Å²) in [4.78, 5) is 0. The zero-order chi connectivity index (χ0) is 18.0. The van der Waals surface area contributed by atoms with Crippen molar-refractivity contribution in [2.24, 2.45) is 0 Å². The van der Waals surface area contributed by atoms with Gasteiger partial charge in [0.05, 0.1) is 6.61 Å². The van der Waals surface area contributed by atoms with E-state index in [1.54, 1.807) is 12.1 Å². The van der Waals surface area contributed by atoms with Gasteiger partial charge in [-0.2, -0.15) is 0 Å². The lowest BCUT2D eigenvalue weighted by Crippen LogP contribution is -2.60. The van der Waals surface area contributed by atoms with E-state index in [-0.39, 0.29) is 0 Å². The summed E-state index contributed by atoms with van der Waals surface area (Å²) in [5.74, 6) is 0.470. The normalized spacial score (nSPS) is 29.4. The molecule has 5 unspecified atom stereocenters. The van der Waals surface area contributed by atoms with E-state index in [1.807, 2.05) is 43.3 Å². The first-order valence-corrected chi connectivity index (χ1v) is 8.14. The second kappa shape index (κ2) is 7.51. The maximum absolute atomic E-state index is 10.1. The number of aliphatic hydroxyl groups excluding tert-OH is 4. The monoisotopic (exact) mass is 346 g/mol. The lowest BCUT2D eigenvalue weighted by atomic mass is 9.99. The molecule has 134 valence electrons. The quantitative estimate of drug-likeness (QED) is 0.655. The Morgan fingerprint density at radius 2 is 1.72 bits per heavy atom. The van der Waals surface area contributed by atoms with E-state index in [0.717, 1.165) is 16.7 Å². The van der Waals surface area contributed by atoms with Gasteiger partial charge in [0, 0.05) is 5.56 Å². The van der Waals surface area contributed by atoms with Gasteiger partial charge in [0.25, 0.3) is 0 Å². The van der Waals surface area contributed by atoms with Crippen LogP contribution in [0.3, 0.4) is 0 Å². The molecule has 2 aromatic carbocycles. The van der Waals surface area contributed by atoms with E-state index in [1.165, 1.54) is 0 Å². The minimum absolute atomic E-state index is 0.470. The third-order valence-corrected chi connectivity index (χ3v) is 4.31. The predicted molar refractivity (Wildman–Crippen MR) is 91.0 cm³/mol. The van der Waals surface area contributed by atoms with Gasteiger partial charge in [-0.15, -0.1) is 0 Å². The molecule has 0 saturated carbocycles. The van der Waals surface area contributed by atoms with Crippen molar-refractivity contribution in [2.75, 3.05) is 6.61 Å². The van der Waals surface area contributed by atoms with Crippen LogP contribution in [0.1, 0.15) is 5.56 Å². The number of hydrogen-bond donors (Lipinski definition) is 4. The van der Waals surface area contributed by atoms with E-state index in [0.29, 0.717) is 5.75 Å². The smallest absolute Gasteiger partial charge is 0.229 e. The van der Waals surface area contributed by atoms with Gasteiger partial charge >= 0.3 is 0 Å². The van der Waals surface area contributed by atoms with Crippen molar-refractivity contribution in [3.05, 3.63) is 54.1 Å².